The van der Waals surface area contributed by atoms with Crippen molar-refractivity contribution in [2.45, 2.75) is 0 Å². The van der Waals surface area contributed by atoms with E-state index < -0.39 is 0 Å². The van der Waals surface area contributed by atoms with Gasteiger partial charge >= 0.3 is 0 Å². The molecule has 0 spiro atoms. The molecule has 0 aliphatic rings. The molecule has 0 aliphatic heterocycles. The number of carbonyl (C=O) groups excluding carboxylic acids is 1. The molecule has 104 valence electrons. The maximum absolute atomic E-state index is 12.1. The molecule has 0 radical (unpaired) electrons. The Balaban J connectivity index is 2.19. The van der Waals surface area contributed by atoms with Crippen LogP contribution in [0, 0.1) is 0 Å². The summed E-state index contributed by atoms with van der Waals surface area (Å²) in [4.78, 5) is 12.1. The molecule has 1 N–H and O–H groups in total. The van der Waals surface area contributed by atoms with Gasteiger partial charge in [-0.2, -0.15) is 0 Å². The first-order valence-corrected chi connectivity index (χ1v) is 6.74. The number of anilines is 1. The maximum atomic E-state index is 12.1. The van der Waals surface area contributed by atoms with Crippen LogP contribution in [-0.4, -0.2) is 13.0 Å². The molecule has 0 unspecified atom stereocenters. The number of hydrogen-bond acceptors (Lipinski definition) is 2. The minimum atomic E-state index is -0.301. The summed E-state index contributed by atoms with van der Waals surface area (Å²) in [5, 5.41) is 3.86. The molecule has 0 atom stereocenters. The van der Waals surface area contributed by atoms with Crippen LogP contribution >= 0.6 is 34.8 Å². The van der Waals surface area contributed by atoms with Crippen molar-refractivity contribution in [3.8, 4) is 5.75 Å². The van der Waals surface area contributed by atoms with E-state index >= 15 is 0 Å². The monoisotopic (exact) mass is 329 g/mol. The van der Waals surface area contributed by atoms with E-state index in [9.17, 15) is 4.79 Å². The fraction of sp³-hybridized carbons (Fsp3) is 0.0714. The van der Waals surface area contributed by atoms with Gasteiger partial charge in [0.05, 0.1) is 22.2 Å². The summed E-state index contributed by atoms with van der Waals surface area (Å²) >= 11 is 17.7. The van der Waals surface area contributed by atoms with Crippen molar-refractivity contribution in [1.82, 2.24) is 0 Å². The molecular formula is C14H10Cl3NO2. The Hall–Kier alpha value is -1.42. The van der Waals surface area contributed by atoms with Crippen molar-refractivity contribution in [3.63, 3.8) is 0 Å². The Kier molecular flexibility index (Phi) is 4.76. The van der Waals surface area contributed by atoms with Crippen LogP contribution in [0.4, 0.5) is 5.69 Å². The van der Waals surface area contributed by atoms with E-state index in [2.05, 4.69) is 5.32 Å². The lowest BCUT2D eigenvalue weighted by Gasteiger charge is -2.08. The van der Waals surface area contributed by atoms with Crippen LogP contribution in [0.3, 0.4) is 0 Å². The highest BCUT2D eigenvalue weighted by molar-refractivity contribution is 6.42. The van der Waals surface area contributed by atoms with Gasteiger partial charge in [-0.05, 0) is 36.4 Å². The van der Waals surface area contributed by atoms with Crippen molar-refractivity contribution >= 4 is 46.4 Å². The van der Waals surface area contributed by atoms with Crippen LogP contribution in [-0.2, 0) is 0 Å². The van der Waals surface area contributed by atoms with Crippen LogP contribution in [0.15, 0.2) is 36.4 Å². The minimum absolute atomic E-state index is 0.301. The Morgan fingerprint density at radius 3 is 2.35 bits per heavy atom. The summed E-state index contributed by atoms with van der Waals surface area (Å²) in [7, 11) is 1.52. The largest absolute Gasteiger partial charge is 0.495 e. The number of benzene rings is 2. The van der Waals surface area contributed by atoms with E-state index in [4.69, 9.17) is 39.5 Å². The first-order valence-electron chi connectivity index (χ1n) is 5.61. The summed E-state index contributed by atoms with van der Waals surface area (Å²) in [5.74, 6) is 0.240. The van der Waals surface area contributed by atoms with Crippen molar-refractivity contribution in [1.29, 1.82) is 0 Å². The second kappa shape index (κ2) is 6.35. The van der Waals surface area contributed by atoms with Crippen molar-refractivity contribution in [2.75, 3.05) is 12.4 Å². The van der Waals surface area contributed by atoms with Crippen LogP contribution in [0.25, 0.3) is 0 Å². The highest BCUT2D eigenvalue weighted by Crippen LogP contribution is 2.28. The van der Waals surface area contributed by atoms with Crippen molar-refractivity contribution in [3.05, 3.63) is 57.0 Å². The number of nitrogens with one attached hydrogen (secondary N) is 1. The van der Waals surface area contributed by atoms with Gasteiger partial charge in [-0.1, -0.05) is 34.8 Å². The molecule has 0 aliphatic carbocycles. The van der Waals surface area contributed by atoms with Gasteiger partial charge in [-0.3, -0.25) is 4.79 Å². The fourth-order valence-corrected chi connectivity index (χ4v) is 2.14. The molecule has 3 nitrogen and oxygen atoms in total. The van der Waals surface area contributed by atoms with Gasteiger partial charge < -0.3 is 10.1 Å². The summed E-state index contributed by atoms with van der Waals surface area (Å²) in [6.45, 7) is 0. The quantitative estimate of drug-likeness (QED) is 0.868. The van der Waals surface area contributed by atoms with Crippen molar-refractivity contribution in [2.24, 2.45) is 0 Å². The van der Waals surface area contributed by atoms with Gasteiger partial charge in [0.2, 0.25) is 0 Å². The van der Waals surface area contributed by atoms with Crippen LogP contribution in [0.1, 0.15) is 10.4 Å². The molecule has 2 aromatic rings. The van der Waals surface area contributed by atoms with Gasteiger partial charge in [0.1, 0.15) is 5.75 Å². The summed E-state index contributed by atoms with van der Waals surface area (Å²) in [5.41, 5.74) is 0.971. The first-order chi connectivity index (χ1) is 9.51. The average molecular weight is 331 g/mol. The molecule has 0 bridgehead atoms. The van der Waals surface area contributed by atoms with E-state index in [1.165, 1.54) is 13.2 Å². The zero-order valence-corrected chi connectivity index (χ0v) is 12.7. The molecular weight excluding hydrogens is 321 g/mol. The fourth-order valence-electron chi connectivity index (χ4n) is 1.58. The third kappa shape index (κ3) is 3.37. The second-order valence-corrected chi connectivity index (χ2v) is 5.15. The SMILES string of the molecule is COc1ccc(NC(=O)c2ccc(Cl)c(Cl)c2)cc1Cl. The van der Waals surface area contributed by atoms with E-state index in [0.29, 0.717) is 32.1 Å². The Bertz CT molecular complexity index is 659. The Morgan fingerprint density at radius 1 is 1.00 bits per heavy atom. The molecule has 0 aromatic heterocycles. The molecule has 2 rings (SSSR count). The molecule has 0 saturated carbocycles. The number of halogens is 3. The van der Waals surface area contributed by atoms with Gasteiger partial charge in [0.25, 0.3) is 5.91 Å². The molecule has 0 heterocycles. The predicted molar refractivity (Wildman–Crippen MR) is 82.4 cm³/mol. The van der Waals surface area contributed by atoms with Crippen LogP contribution < -0.4 is 10.1 Å². The Labute approximate surface area is 131 Å². The van der Waals surface area contributed by atoms with Gasteiger partial charge in [0, 0.05) is 11.3 Å². The molecule has 1 amide bonds. The summed E-state index contributed by atoms with van der Waals surface area (Å²) < 4.78 is 5.04. The lowest BCUT2D eigenvalue weighted by molar-refractivity contribution is 0.102. The second-order valence-electron chi connectivity index (χ2n) is 3.93. The number of hydrogen-bond donors (Lipinski definition) is 1. The molecule has 2 aromatic carbocycles. The third-order valence-electron chi connectivity index (χ3n) is 2.59. The Morgan fingerprint density at radius 2 is 1.75 bits per heavy atom. The predicted octanol–water partition coefficient (Wildman–Crippen LogP) is 4.91. The summed E-state index contributed by atoms with van der Waals surface area (Å²) in [6.07, 6.45) is 0. The lowest BCUT2D eigenvalue weighted by Crippen LogP contribution is -2.11. The van der Waals surface area contributed by atoms with Gasteiger partial charge in [-0.15, -0.1) is 0 Å². The number of rotatable bonds is 3. The smallest absolute Gasteiger partial charge is 0.255 e. The molecule has 20 heavy (non-hydrogen) atoms. The lowest BCUT2D eigenvalue weighted by atomic mass is 10.2. The minimum Gasteiger partial charge on any atom is -0.495 e. The number of amides is 1. The van der Waals surface area contributed by atoms with E-state index in [-0.39, 0.29) is 5.91 Å². The highest BCUT2D eigenvalue weighted by atomic mass is 35.5. The first kappa shape index (κ1) is 15.0. The zero-order valence-electron chi connectivity index (χ0n) is 10.4. The standard InChI is InChI=1S/C14H10Cl3NO2/c1-20-13-5-3-9(7-12(13)17)18-14(19)8-2-4-10(15)11(16)6-8/h2-7H,1H3,(H,18,19). The van der Waals surface area contributed by atoms with E-state index in [0.717, 1.165) is 0 Å². The number of carbonyl (C=O) groups is 1. The van der Waals surface area contributed by atoms with Crippen molar-refractivity contribution < 1.29 is 9.53 Å². The van der Waals surface area contributed by atoms with Gasteiger partial charge in [-0.25, -0.2) is 0 Å². The topological polar surface area (TPSA) is 38.3 Å². The molecule has 0 saturated heterocycles. The van der Waals surface area contributed by atoms with Crippen LogP contribution in [0.2, 0.25) is 15.1 Å². The maximum Gasteiger partial charge on any atom is 0.255 e. The number of methoxy groups -OCH3 is 1. The van der Waals surface area contributed by atoms with E-state index in [1.807, 2.05) is 0 Å². The van der Waals surface area contributed by atoms with E-state index in [1.54, 1.807) is 30.3 Å². The normalized spacial score (nSPS) is 10.2. The summed E-state index contributed by atoms with van der Waals surface area (Å²) in [6, 6.07) is 9.64. The average Bonchev–Trinajstić information content (AvgIpc) is 2.42. The highest BCUT2D eigenvalue weighted by Gasteiger charge is 2.09. The third-order valence-corrected chi connectivity index (χ3v) is 3.63. The molecule has 0 fully saturated rings. The zero-order chi connectivity index (χ0) is 14.7. The van der Waals surface area contributed by atoms with Crippen LogP contribution in [0.5, 0.6) is 5.75 Å². The van der Waals surface area contributed by atoms with Gasteiger partial charge in [0.15, 0.2) is 0 Å². The molecule has 6 heteroatoms. The number of ether oxygens (including phenoxy) is 1.